The van der Waals surface area contributed by atoms with Crippen LogP contribution in [0.15, 0.2) is 24.3 Å². The second-order valence-electron chi connectivity index (χ2n) is 4.71. The van der Waals surface area contributed by atoms with Crippen LogP contribution in [-0.2, 0) is 0 Å². The van der Waals surface area contributed by atoms with Gasteiger partial charge in [-0.2, -0.15) is 0 Å². The molecule has 86 valence electrons. The molecule has 2 heterocycles. The van der Waals surface area contributed by atoms with Gasteiger partial charge in [0.05, 0.1) is 5.69 Å². The molecule has 16 heavy (non-hydrogen) atoms. The number of nitrogens with one attached hydrogen (secondary N) is 2. The van der Waals surface area contributed by atoms with Crippen LogP contribution >= 0.6 is 0 Å². The Balaban J connectivity index is 1.89. The Bertz CT molecular complexity index is 372. The number of hydrogen-bond acceptors (Lipinski definition) is 3. The van der Waals surface area contributed by atoms with Crippen molar-refractivity contribution in [2.45, 2.75) is 24.9 Å². The molecule has 1 saturated heterocycles. The molecule has 0 unspecified atom stereocenters. The molecule has 1 fully saturated rings. The van der Waals surface area contributed by atoms with E-state index in [1.165, 1.54) is 0 Å². The Morgan fingerprint density at radius 3 is 2.62 bits per heavy atom. The predicted octanol–water partition coefficient (Wildman–Crippen LogP) is 2.00. The number of ether oxygens (including phenoxy) is 1. The molecule has 1 aromatic carbocycles. The minimum Gasteiger partial charge on any atom is -0.485 e. The van der Waals surface area contributed by atoms with Gasteiger partial charge in [0.2, 0.25) is 0 Å². The maximum absolute atomic E-state index is 6.28. The smallest absolute Gasteiger partial charge is 0.143 e. The van der Waals surface area contributed by atoms with Crippen molar-refractivity contribution in [2.75, 3.05) is 25.0 Å². The molecule has 0 radical (unpaired) electrons. The normalized spacial score (nSPS) is 22.8. The monoisotopic (exact) mass is 218 g/mol. The van der Waals surface area contributed by atoms with Gasteiger partial charge in [0, 0.05) is 13.0 Å². The summed E-state index contributed by atoms with van der Waals surface area (Å²) in [6.45, 7) is 3.15. The third-order valence-electron chi connectivity index (χ3n) is 3.62. The summed E-state index contributed by atoms with van der Waals surface area (Å²) in [5, 5.41) is 6.85. The SMILES string of the molecule is c1ccc2c(c1)NCCC1(CCNCC1)O2. The van der Waals surface area contributed by atoms with Crippen LogP contribution in [0.1, 0.15) is 19.3 Å². The van der Waals surface area contributed by atoms with Crippen molar-refractivity contribution in [3.8, 4) is 5.75 Å². The van der Waals surface area contributed by atoms with Gasteiger partial charge in [0.15, 0.2) is 0 Å². The molecule has 0 amide bonds. The largest absolute Gasteiger partial charge is 0.485 e. The van der Waals surface area contributed by atoms with E-state index in [0.29, 0.717) is 0 Å². The minimum atomic E-state index is 0.0604. The summed E-state index contributed by atoms with van der Waals surface area (Å²) in [6.07, 6.45) is 3.33. The zero-order valence-corrected chi connectivity index (χ0v) is 9.46. The minimum absolute atomic E-state index is 0.0604. The van der Waals surface area contributed by atoms with E-state index in [-0.39, 0.29) is 5.60 Å². The summed E-state index contributed by atoms with van der Waals surface area (Å²) in [7, 11) is 0. The van der Waals surface area contributed by atoms with Crippen LogP contribution in [-0.4, -0.2) is 25.2 Å². The molecule has 2 aliphatic rings. The predicted molar refractivity (Wildman–Crippen MR) is 65.0 cm³/mol. The van der Waals surface area contributed by atoms with Gasteiger partial charge in [-0.1, -0.05) is 12.1 Å². The lowest BCUT2D eigenvalue weighted by molar-refractivity contribution is 0.0356. The fraction of sp³-hybridized carbons (Fsp3) is 0.538. The molecule has 0 aromatic heterocycles. The van der Waals surface area contributed by atoms with E-state index in [9.17, 15) is 0 Å². The standard InChI is InChI=1S/C13H18N2O/c1-2-4-12-11(3-1)15-10-7-13(16-12)5-8-14-9-6-13/h1-4,14-15H,5-10H2. The molecule has 3 heteroatoms. The number of para-hydroxylation sites is 2. The summed E-state index contributed by atoms with van der Waals surface area (Å²) < 4.78 is 6.28. The van der Waals surface area contributed by atoms with E-state index in [2.05, 4.69) is 28.8 Å². The molecule has 2 N–H and O–H groups in total. The summed E-state index contributed by atoms with van der Waals surface area (Å²) in [5.41, 5.74) is 1.20. The summed E-state index contributed by atoms with van der Waals surface area (Å²) >= 11 is 0. The topological polar surface area (TPSA) is 33.3 Å². The van der Waals surface area contributed by atoms with E-state index in [0.717, 1.165) is 50.3 Å². The Labute approximate surface area is 96.2 Å². The average Bonchev–Trinajstić information content (AvgIpc) is 2.49. The third-order valence-corrected chi connectivity index (χ3v) is 3.62. The molecule has 0 aliphatic carbocycles. The number of fused-ring (bicyclic) bond motifs is 1. The first-order valence-corrected chi connectivity index (χ1v) is 6.11. The zero-order chi connectivity index (χ0) is 10.8. The Morgan fingerprint density at radius 1 is 1.00 bits per heavy atom. The van der Waals surface area contributed by atoms with Gasteiger partial charge >= 0.3 is 0 Å². The number of piperidine rings is 1. The Hall–Kier alpha value is -1.22. The maximum atomic E-state index is 6.28. The quantitative estimate of drug-likeness (QED) is 0.699. The molecule has 0 bridgehead atoms. The van der Waals surface area contributed by atoms with E-state index < -0.39 is 0 Å². The first-order chi connectivity index (χ1) is 7.88. The Morgan fingerprint density at radius 2 is 1.75 bits per heavy atom. The van der Waals surface area contributed by atoms with Crippen LogP contribution in [0.2, 0.25) is 0 Å². The van der Waals surface area contributed by atoms with Gasteiger partial charge in [0.25, 0.3) is 0 Å². The van der Waals surface area contributed by atoms with E-state index in [1.807, 2.05) is 6.07 Å². The van der Waals surface area contributed by atoms with Crippen molar-refractivity contribution in [1.82, 2.24) is 5.32 Å². The van der Waals surface area contributed by atoms with Gasteiger partial charge in [0.1, 0.15) is 11.4 Å². The third kappa shape index (κ3) is 1.76. The lowest BCUT2D eigenvalue weighted by Gasteiger charge is -2.36. The van der Waals surface area contributed by atoms with Crippen molar-refractivity contribution < 1.29 is 4.74 Å². The van der Waals surface area contributed by atoms with Crippen molar-refractivity contribution in [3.05, 3.63) is 24.3 Å². The van der Waals surface area contributed by atoms with Gasteiger partial charge in [-0.05, 0) is 38.1 Å². The zero-order valence-electron chi connectivity index (χ0n) is 9.46. The second-order valence-corrected chi connectivity index (χ2v) is 4.71. The van der Waals surface area contributed by atoms with Crippen LogP contribution in [0.25, 0.3) is 0 Å². The highest BCUT2D eigenvalue weighted by molar-refractivity contribution is 5.57. The molecule has 2 aliphatic heterocycles. The summed E-state index contributed by atoms with van der Waals surface area (Å²) in [5.74, 6) is 1.02. The van der Waals surface area contributed by atoms with Crippen LogP contribution in [0.3, 0.4) is 0 Å². The average molecular weight is 218 g/mol. The lowest BCUT2D eigenvalue weighted by atomic mass is 9.89. The van der Waals surface area contributed by atoms with E-state index in [4.69, 9.17) is 4.74 Å². The molecule has 0 atom stereocenters. The van der Waals surface area contributed by atoms with Crippen molar-refractivity contribution in [2.24, 2.45) is 0 Å². The van der Waals surface area contributed by atoms with Crippen LogP contribution in [0.5, 0.6) is 5.75 Å². The fourth-order valence-electron chi connectivity index (χ4n) is 2.65. The highest BCUT2D eigenvalue weighted by atomic mass is 16.5. The number of rotatable bonds is 0. The first-order valence-electron chi connectivity index (χ1n) is 6.11. The van der Waals surface area contributed by atoms with Crippen molar-refractivity contribution >= 4 is 5.69 Å². The molecule has 3 rings (SSSR count). The van der Waals surface area contributed by atoms with Gasteiger partial charge in [-0.15, -0.1) is 0 Å². The van der Waals surface area contributed by atoms with Crippen LogP contribution in [0, 0.1) is 0 Å². The maximum Gasteiger partial charge on any atom is 0.143 e. The molecule has 3 nitrogen and oxygen atoms in total. The number of anilines is 1. The fourth-order valence-corrected chi connectivity index (χ4v) is 2.65. The highest BCUT2D eigenvalue weighted by Crippen LogP contribution is 2.36. The van der Waals surface area contributed by atoms with Crippen LogP contribution in [0.4, 0.5) is 5.69 Å². The van der Waals surface area contributed by atoms with E-state index in [1.54, 1.807) is 0 Å². The molecule has 0 saturated carbocycles. The summed E-state index contributed by atoms with van der Waals surface area (Å²) in [4.78, 5) is 0. The molecular weight excluding hydrogens is 200 g/mol. The first kappa shape index (κ1) is 9.97. The Kier molecular flexibility index (Phi) is 2.48. The number of hydrogen-bond donors (Lipinski definition) is 2. The highest BCUT2D eigenvalue weighted by Gasteiger charge is 2.35. The van der Waals surface area contributed by atoms with Gasteiger partial charge < -0.3 is 15.4 Å². The van der Waals surface area contributed by atoms with Gasteiger partial charge in [-0.3, -0.25) is 0 Å². The van der Waals surface area contributed by atoms with Gasteiger partial charge in [-0.25, -0.2) is 0 Å². The van der Waals surface area contributed by atoms with Crippen molar-refractivity contribution in [1.29, 1.82) is 0 Å². The molecule has 1 aromatic rings. The van der Waals surface area contributed by atoms with Crippen molar-refractivity contribution in [3.63, 3.8) is 0 Å². The van der Waals surface area contributed by atoms with E-state index >= 15 is 0 Å². The van der Waals surface area contributed by atoms with Crippen LogP contribution < -0.4 is 15.4 Å². The second kappa shape index (κ2) is 3.98. The molecule has 1 spiro atoms. The molecular formula is C13H18N2O. The summed E-state index contributed by atoms with van der Waals surface area (Å²) in [6, 6.07) is 8.25. The lowest BCUT2D eigenvalue weighted by Crippen LogP contribution is -2.46. The number of benzene rings is 1.